The van der Waals surface area contributed by atoms with E-state index in [-0.39, 0.29) is 0 Å². The number of rotatable bonds is 1. The molecule has 3 aromatic rings. The van der Waals surface area contributed by atoms with Crippen molar-refractivity contribution < 1.29 is 4.79 Å². The predicted molar refractivity (Wildman–Crippen MR) is 73.8 cm³/mol. The van der Waals surface area contributed by atoms with Crippen molar-refractivity contribution in [3.63, 3.8) is 0 Å². The van der Waals surface area contributed by atoms with Gasteiger partial charge in [-0.05, 0) is 45.2 Å². The first-order valence-corrected chi connectivity index (χ1v) is 6.00. The van der Waals surface area contributed by atoms with Crippen LogP contribution in [0.25, 0.3) is 33.0 Å². The van der Waals surface area contributed by atoms with E-state index >= 15 is 0 Å². The average Bonchev–Trinajstić information content (AvgIpc) is 2.76. The van der Waals surface area contributed by atoms with Gasteiger partial charge >= 0.3 is 0 Å². The Hall–Kier alpha value is -2.41. The van der Waals surface area contributed by atoms with Gasteiger partial charge in [0.05, 0.1) is 0 Å². The Bertz CT molecular complexity index is 800. The van der Waals surface area contributed by atoms with Gasteiger partial charge in [0, 0.05) is 5.56 Å². The first-order chi connectivity index (χ1) is 8.88. The van der Waals surface area contributed by atoms with Crippen LogP contribution < -0.4 is 0 Å². The van der Waals surface area contributed by atoms with E-state index in [1.54, 1.807) is 0 Å². The molecule has 0 unspecified atom stereocenters. The number of benzene rings is 3. The van der Waals surface area contributed by atoms with Crippen LogP contribution in [0.1, 0.15) is 10.4 Å². The molecule has 1 nitrogen and oxygen atoms in total. The summed E-state index contributed by atoms with van der Waals surface area (Å²) in [5.74, 6) is 0. The van der Waals surface area contributed by atoms with Crippen LogP contribution in [0.2, 0.25) is 0 Å². The van der Waals surface area contributed by atoms with Crippen LogP contribution in [0.4, 0.5) is 0 Å². The summed E-state index contributed by atoms with van der Waals surface area (Å²) in [7, 11) is 0. The van der Waals surface area contributed by atoms with Crippen molar-refractivity contribution in [1.29, 1.82) is 0 Å². The largest absolute Gasteiger partial charge is 0.298 e. The van der Waals surface area contributed by atoms with Crippen molar-refractivity contribution >= 4 is 17.1 Å². The third-order valence-corrected chi connectivity index (χ3v) is 3.64. The molecule has 0 amide bonds. The normalized spacial score (nSPS) is 11.6. The summed E-state index contributed by atoms with van der Waals surface area (Å²) in [6.07, 6.45) is 0.920. The van der Waals surface area contributed by atoms with Crippen molar-refractivity contribution in [1.82, 2.24) is 0 Å². The highest BCUT2D eigenvalue weighted by Crippen LogP contribution is 2.47. The average molecular weight is 230 g/mol. The maximum atomic E-state index is 11.0. The monoisotopic (exact) mass is 230 g/mol. The fourth-order valence-corrected chi connectivity index (χ4v) is 2.91. The minimum Gasteiger partial charge on any atom is -0.298 e. The molecule has 1 heteroatoms. The highest BCUT2D eigenvalue weighted by Gasteiger charge is 2.20. The van der Waals surface area contributed by atoms with Crippen LogP contribution in [0.15, 0.2) is 54.6 Å². The molecule has 0 atom stereocenters. The zero-order valence-corrected chi connectivity index (χ0v) is 9.68. The van der Waals surface area contributed by atoms with Gasteiger partial charge in [0.2, 0.25) is 0 Å². The number of hydrogen-bond donors (Lipinski definition) is 0. The maximum Gasteiger partial charge on any atom is 0.150 e. The molecule has 0 fully saturated rings. The second kappa shape index (κ2) is 3.30. The second-order valence-corrected chi connectivity index (χ2v) is 4.64. The zero-order chi connectivity index (χ0) is 12.1. The van der Waals surface area contributed by atoms with Crippen LogP contribution in [0.5, 0.6) is 0 Å². The van der Waals surface area contributed by atoms with Gasteiger partial charge in [-0.1, -0.05) is 42.5 Å². The minimum atomic E-state index is 0.742. The van der Waals surface area contributed by atoms with Gasteiger partial charge < -0.3 is 0 Å². The Morgan fingerprint density at radius 1 is 0.722 bits per heavy atom. The van der Waals surface area contributed by atoms with E-state index in [0.29, 0.717) is 0 Å². The van der Waals surface area contributed by atoms with Crippen molar-refractivity contribution in [3.05, 3.63) is 60.2 Å². The van der Waals surface area contributed by atoms with E-state index in [2.05, 4.69) is 36.4 Å². The quantitative estimate of drug-likeness (QED) is 0.445. The van der Waals surface area contributed by atoms with Crippen molar-refractivity contribution in [2.75, 3.05) is 0 Å². The lowest BCUT2D eigenvalue weighted by molar-refractivity contribution is 0.112. The van der Waals surface area contributed by atoms with E-state index in [9.17, 15) is 4.79 Å². The molecule has 3 aromatic carbocycles. The van der Waals surface area contributed by atoms with Crippen LogP contribution >= 0.6 is 0 Å². The summed E-state index contributed by atoms with van der Waals surface area (Å²) in [6.45, 7) is 0. The fourth-order valence-electron chi connectivity index (χ4n) is 2.91. The van der Waals surface area contributed by atoms with E-state index in [0.717, 1.165) is 17.2 Å². The summed E-state index contributed by atoms with van der Waals surface area (Å²) in [4.78, 5) is 11.0. The molecule has 0 N–H and O–H groups in total. The second-order valence-electron chi connectivity index (χ2n) is 4.64. The fraction of sp³-hybridized carbons (Fsp3) is 0. The maximum absolute atomic E-state index is 11.0. The van der Waals surface area contributed by atoms with E-state index in [1.165, 1.54) is 27.6 Å². The van der Waals surface area contributed by atoms with Gasteiger partial charge in [0.15, 0.2) is 0 Å². The Balaban J connectivity index is 2.26. The highest BCUT2D eigenvalue weighted by molar-refractivity contribution is 6.16. The lowest BCUT2D eigenvalue weighted by Gasteiger charge is -2.03. The predicted octanol–water partition coefficient (Wildman–Crippen LogP) is 4.30. The molecule has 4 rings (SSSR count). The van der Waals surface area contributed by atoms with Crippen molar-refractivity contribution in [2.45, 2.75) is 0 Å². The van der Waals surface area contributed by atoms with Crippen LogP contribution in [0, 0.1) is 0 Å². The van der Waals surface area contributed by atoms with Gasteiger partial charge in [-0.25, -0.2) is 0 Å². The smallest absolute Gasteiger partial charge is 0.150 e. The number of aldehydes is 1. The first kappa shape index (κ1) is 9.60. The van der Waals surface area contributed by atoms with Crippen LogP contribution in [-0.4, -0.2) is 6.29 Å². The van der Waals surface area contributed by atoms with Gasteiger partial charge in [-0.15, -0.1) is 0 Å². The van der Waals surface area contributed by atoms with Crippen molar-refractivity contribution in [2.24, 2.45) is 0 Å². The number of hydrogen-bond acceptors (Lipinski definition) is 1. The van der Waals surface area contributed by atoms with Gasteiger partial charge in [0.25, 0.3) is 0 Å². The summed E-state index contributed by atoms with van der Waals surface area (Å²) in [5, 5.41) is 2.41. The van der Waals surface area contributed by atoms with Gasteiger partial charge in [0.1, 0.15) is 6.29 Å². The third kappa shape index (κ3) is 1.08. The van der Waals surface area contributed by atoms with Crippen molar-refractivity contribution in [3.8, 4) is 22.3 Å². The van der Waals surface area contributed by atoms with E-state index in [4.69, 9.17) is 0 Å². The minimum absolute atomic E-state index is 0.742. The Kier molecular flexibility index (Phi) is 1.76. The van der Waals surface area contributed by atoms with Gasteiger partial charge in [-0.2, -0.15) is 0 Å². The summed E-state index contributed by atoms with van der Waals surface area (Å²) in [6, 6.07) is 18.6. The number of carbonyl (C=O) groups is 1. The molecule has 84 valence electrons. The van der Waals surface area contributed by atoms with E-state index < -0.39 is 0 Å². The Labute approximate surface area is 105 Å². The highest BCUT2D eigenvalue weighted by atomic mass is 16.1. The molecule has 18 heavy (non-hydrogen) atoms. The van der Waals surface area contributed by atoms with Gasteiger partial charge in [-0.3, -0.25) is 4.79 Å². The molecule has 0 bridgehead atoms. The molecule has 0 aliphatic heterocycles. The third-order valence-electron chi connectivity index (χ3n) is 3.64. The molecule has 1 aliphatic rings. The van der Waals surface area contributed by atoms with Crippen LogP contribution in [0.3, 0.4) is 0 Å². The molecular weight excluding hydrogens is 220 g/mol. The molecule has 0 radical (unpaired) electrons. The molecule has 0 saturated heterocycles. The SMILES string of the molecule is O=Cc1cc2c3c(cccc3c1)-c1ccccc1-2. The topological polar surface area (TPSA) is 17.1 Å². The standard InChI is InChI=1S/C17H10O/c18-10-11-8-12-4-3-7-15-13-5-1-2-6-14(13)16(9-11)17(12)15/h1-10H. The Morgan fingerprint density at radius 3 is 2.22 bits per heavy atom. The summed E-state index contributed by atoms with van der Waals surface area (Å²) in [5.41, 5.74) is 5.69. The molecular formula is C17H10O. The summed E-state index contributed by atoms with van der Waals surface area (Å²) < 4.78 is 0. The molecule has 0 heterocycles. The van der Waals surface area contributed by atoms with E-state index in [1.807, 2.05) is 18.2 Å². The summed E-state index contributed by atoms with van der Waals surface area (Å²) >= 11 is 0. The van der Waals surface area contributed by atoms with Crippen LogP contribution in [-0.2, 0) is 0 Å². The number of fused-ring (bicyclic) bond motifs is 3. The molecule has 1 aliphatic carbocycles. The number of carbonyl (C=O) groups excluding carboxylic acids is 1. The Morgan fingerprint density at radius 2 is 1.44 bits per heavy atom. The first-order valence-electron chi connectivity index (χ1n) is 6.00. The molecule has 0 aromatic heterocycles. The lowest BCUT2D eigenvalue weighted by atomic mass is 10.0. The zero-order valence-electron chi connectivity index (χ0n) is 9.68. The molecule has 0 spiro atoms. The lowest BCUT2D eigenvalue weighted by Crippen LogP contribution is -1.82. The molecule has 0 saturated carbocycles.